The normalized spacial score (nSPS) is 10.4. The van der Waals surface area contributed by atoms with Crippen molar-refractivity contribution >= 4 is 5.69 Å². The second-order valence-corrected chi connectivity index (χ2v) is 5.34. The molecule has 24 heavy (non-hydrogen) atoms. The van der Waals surface area contributed by atoms with Gasteiger partial charge in [-0.05, 0) is 23.8 Å². The van der Waals surface area contributed by atoms with E-state index in [0.717, 1.165) is 41.4 Å². The zero-order valence-corrected chi connectivity index (χ0v) is 13.9. The molecule has 124 valence electrons. The summed E-state index contributed by atoms with van der Waals surface area (Å²) in [6.45, 7) is 1.68. The minimum absolute atomic E-state index is 0.725. The van der Waals surface area contributed by atoms with Gasteiger partial charge in [0, 0.05) is 36.7 Å². The molecule has 3 aromatic rings. The van der Waals surface area contributed by atoms with Crippen LogP contribution in [0.5, 0.6) is 11.5 Å². The summed E-state index contributed by atoms with van der Waals surface area (Å²) in [6, 6.07) is 14.2. The quantitative estimate of drug-likeness (QED) is 0.720. The lowest BCUT2D eigenvalue weighted by Gasteiger charge is -2.14. The van der Waals surface area contributed by atoms with Gasteiger partial charge in [-0.15, -0.1) is 0 Å². The van der Waals surface area contributed by atoms with Crippen molar-refractivity contribution in [2.24, 2.45) is 0 Å². The molecular formula is C19H21N3O2. The second kappa shape index (κ2) is 7.55. The third-order valence-corrected chi connectivity index (χ3v) is 3.87. The van der Waals surface area contributed by atoms with Gasteiger partial charge in [-0.3, -0.25) is 0 Å². The number of imidazole rings is 1. The van der Waals surface area contributed by atoms with Crippen LogP contribution in [0.3, 0.4) is 0 Å². The molecule has 0 aliphatic carbocycles. The number of para-hydroxylation sites is 1. The SMILES string of the molecule is COc1ccc(-c2ccccc2NCCn2ccnc2)cc1OC. The first-order chi connectivity index (χ1) is 11.8. The van der Waals surface area contributed by atoms with Gasteiger partial charge in [-0.1, -0.05) is 24.3 Å². The van der Waals surface area contributed by atoms with Gasteiger partial charge in [0.15, 0.2) is 11.5 Å². The first kappa shape index (κ1) is 15.9. The fraction of sp³-hybridized carbons (Fsp3) is 0.211. The number of ether oxygens (including phenoxy) is 2. The Hall–Kier alpha value is -2.95. The number of hydrogen-bond donors (Lipinski definition) is 1. The maximum atomic E-state index is 5.41. The summed E-state index contributed by atoms with van der Waals surface area (Å²) in [7, 11) is 3.29. The summed E-state index contributed by atoms with van der Waals surface area (Å²) >= 11 is 0. The summed E-state index contributed by atoms with van der Waals surface area (Å²) < 4.78 is 12.8. The highest BCUT2D eigenvalue weighted by atomic mass is 16.5. The molecule has 0 radical (unpaired) electrons. The highest BCUT2D eigenvalue weighted by Crippen LogP contribution is 2.35. The lowest BCUT2D eigenvalue weighted by Crippen LogP contribution is -2.09. The number of rotatable bonds is 7. The topological polar surface area (TPSA) is 48.3 Å². The minimum atomic E-state index is 0.725. The van der Waals surface area contributed by atoms with Crippen molar-refractivity contribution in [3.63, 3.8) is 0 Å². The fourth-order valence-electron chi connectivity index (χ4n) is 2.63. The zero-order chi connectivity index (χ0) is 16.8. The number of benzene rings is 2. The van der Waals surface area contributed by atoms with Crippen LogP contribution in [0.25, 0.3) is 11.1 Å². The van der Waals surface area contributed by atoms with E-state index in [4.69, 9.17) is 9.47 Å². The maximum absolute atomic E-state index is 5.41. The van der Waals surface area contributed by atoms with E-state index in [2.05, 4.69) is 22.4 Å². The highest BCUT2D eigenvalue weighted by Gasteiger charge is 2.09. The molecule has 0 aliphatic heterocycles. The molecular weight excluding hydrogens is 302 g/mol. The van der Waals surface area contributed by atoms with Crippen LogP contribution in [0, 0.1) is 0 Å². The summed E-state index contributed by atoms with van der Waals surface area (Å²) in [5, 5.41) is 3.50. The van der Waals surface area contributed by atoms with E-state index in [0.29, 0.717) is 0 Å². The van der Waals surface area contributed by atoms with Crippen molar-refractivity contribution in [1.29, 1.82) is 0 Å². The Kier molecular flexibility index (Phi) is 5.01. The average Bonchev–Trinajstić information content (AvgIpc) is 3.15. The fourth-order valence-corrected chi connectivity index (χ4v) is 2.63. The largest absolute Gasteiger partial charge is 0.493 e. The first-order valence-corrected chi connectivity index (χ1v) is 7.83. The molecule has 0 saturated heterocycles. The lowest BCUT2D eigenvalue weighted by molar-refractivity contribution is 0.355. The van der Waals surface area contributed by atoms with Crippen LogP contribution in [0.1, 0.15) is 0 Å². The van der Waals surface area contributed by atoms with Gasteiger partial charge in [-0.25, -0.2) is 4.98 Å². The third-order valence-electron chi connectivity index (χ3n) is 3.87. The summed E-state index contributed by atoms with van der Waals surface area (Å²) in [5.41, 5.74) is 3.30. The molecule has 0 saturated carbocycles. The Labute approximate surface area is 141 Å². The first-order valence-electron chi connectivity index (χ1n) is 7.83. The predicted octanol–water partition coefficient (Wildman–Crippen LogP) is 3.68. The molecule has 0 aliphatic rings. The van der Waals surface area contributed by atoms with Crippen molar-refractivity contribution in [2.45, 2.75) is 6.54 Å². The van der Waals surface area contributed by atoms with Gasteiger partial charge in [0.2, 0.25) is 0 Å². The Morgan fingerprint density at radius 2 is 1.88 bits per heavy atom. The third kappa shape index (κ3) is 3.51. The van der Waals surface area contributed by atoms with Crippen molar-refractivity contribution in [3.05, 3.63) is 61.2 Å². The molecule has 3 rings (SSSR count). The maximum Gasteiger partial charge on any atom is 0.161 e. The molecule has 0 unspecified atom stereocenters. The highest BCUT2D eigenvalue weighted by molar-refractivity contribution is 5.79. The number of aromatic nitrogens is 2. The van der Waals surface area contributed by atoms with Crippen molar-refractivity contribution in [1.82, 2.24) is 9.55 Å². The van der Waals surface area contributed by atoms with E-state index in [1.165, 1.54) is 0 Å². The van der Waals surface area contributed by atoms with Crippen LogP contribution in [0.2, 0.25) is 0 Å². The van der Waals surface area contributed by atoms with Crippen molar-refractivity contribution in [3.8, 4) is 22.6 Å². The van der Waals surface area contributed by atoms with Crippen LogP contribution >= 0.6 is 0 Å². The Bertz CT molecular complexity index is 785. The molecule has 0 atom stereocenters. The molecule has 5 heteroatoms. The van der Waals surface area contributed by atoms with Crippen molar-refractivity contribution < 1.29 is 9.47 Å². The predicted molar refractivity (Wildman–Crippen MR) is 95.7 cm³/mol. The van der Waals surface area contributed by atoms with Gasteiger partial charge >= 0.3 is 0 Å². The molecule has 1 aromatic heterocycles. The van der Waals surface area contributed by atoms with E-state index >= 15 is 0 Å². The lowest BCUT2D eigenvalue weighted by atomic mass is 10.0. The Morgan fingerprint density at radius 3 is 2.62 bits per heavy atom. The average molecular weight is 323 g/mol. The van der Waals surface area contributed by atoms with Gasteiger partial charge in [0.25, 0.3) is 0 Å². The van der Waals surface area contributed by atoms with E-state index in [1.807, 2.05) is 47.4 Å². The monoisotopic (exact) mass is 323 g/mol. The van der Waals surface area contributed by atoms with E-state index in [-0.39, 0.29) is 0 Å². The molecule has 0 fully saturated rings. The number of hydrogen-bond acceptors (Lipinski definition) is 4. The van der Waals surface area contributed by atoms with Gasteiger partial charge in [0.05, 0.1) is 20.5 Å². The Balaban J connectivity index is 1.80. The number of methoxy groups -OCH3 is 2. The molecule has 0 amide bonds. The van der Waals surface area contributed by atoms with Crippen LogP contribution in [-0.2, 0) is 6.54 Å². The Morgan fingerprint density at radius 1 is 1.04 bits per heavy atom. The molecule has 1 heterocycles. The molecule has 0 spiro atoms. The number of nitrogens with one attached hydrogen (secondary N) is 1. The summed E-state index contributed by atoms with van der Waals surface area (Å²) in [5.74, 6) is 1.45. The van der Waals surface area contributed by atoms with Crippen LogP contribution in [0.15, 0.2) is 61.2 Å². The smallest absolute Gasteiger partial charge is 0.161 e. The van der Waals surface area contributed by atoms with Crippen LogP contribution in [-0.4, -0.2) is 30.3 Å². The number of anilines is 1. The number of nitrogens with zero attached hydrogens (tertiary/aromatic N) is 2. The molecule has 2 aromatic carbocycles. The minimum Gasteiger partial charge on any atom is -0.493 e. The van der Waals surface area contributed by atoms with Gasteiger partial charge < -0.3 is 19.4 Å². The van der Waals surface area contributed by atoms with Gasteiger partial charge in [0.1, 0.15) is 0 Å². The second-order valence-electron chi connectivity index (χ2n) is 5.34. The van der Waals surface area contributed by atoms with Gasteiger partial charge in [-0.2, -0.15) is 0 Å². The van der Waals surface area contributed by atoms with Crippen LogP contribution in [0.4, 0.5) is 5.69 Å². The zero-order valence-electron chi connectivity index (χ0n) is 13.9. The summed E-state index contributed by atoms with van der Waals surface area (Å²) in [6.07, 6.45) is 5.57. The molecule has 1 N–H and O–H groups in total. The summed E-state index contributed by atoms with van der Waals surface area (Å²) in [4.78, 5) is 4.06. The van der Waals surface area contributed by atoms with Crippen molar-refractivity contribution in [2.75, 3.05) is 26.1 Å². The molecule has 0 bridgehead atoms. The van der Waals surface area contributed by atoms with E-state index < -0.39 is 0 Å². The van der Waals surface area contributed by atoms with E-state index in [1.54, 1.807) is 20.4 Å². The van der Waals surface area contributed by atoms with Crippen LogP contribution < -0.4 is 14.8 Å². The standard InChI is InChI=1S/C19H21N3O2/c1-23-18-8-7-15(13-19(18)24-2)16-5-3-4-6-17(16)21-10-12-22-11-9-20-14-22/h3-9,11,13-14,21H,10,12H2,1-2H3. The molecule has 5 nitrogen and oxygen atoms in total. The van der Waals surface area contributed by atoms with E-state index in [9.17, 15) is 0 Å².